The van der Waals surface area contributed by atoms with Crippen molar-refractivity contribution in [3.05, 3.63) is 35.4 Å². The van der Waals surface area contributed by atoms with Gasteiger partial charge in [0.05, 0.1) is 6.04 Å². The van der Waals surface area contributed by atoms with Crippen LogP contribution in [0.15, 0.2) is 34.7 Å². The lowest BCUT2D eigenvalue weighted by Crippen LogP contribution is -2.45. The maximum atomic E-state index is 12.3. The van der Waals surface area contributed by atoms with E-state index < -0.39 is 14.8 Å². The van der Waals surface area contributed by atoms with E-state index in [-0.39, 0.29) is 6.04 Å². The van der Waals surface area contributed by atoms with Crippen LogP contribution in [0.25, 0.3) is 5.76 Å². The molecule has 21 heavy (non-hydrogen) atoms. The highest BCUT2D eigenvalue weighted by molar-refractivity contribution is 7.99. The summed E-state index contributed by atoms with van der Waals surface area (Å²) >= 11 is 7.89. The summed E-state index contributed by atoms with van der Waals surface area (Å²) in [6, 6.07) is 7.36. The predicted molar refractivity (Wildman–Crippen MR) is 85.8 cm³/mol. The van der Waals surface area contributed by atoms with E-state index in [9.17, 15) is 8.42 Å². The molecule has 1 aromatic rings. The molecule has 0 N–H and O–H groups in total. The first kappa shape index (κ1) is 15.2. The van der Waals surface area contributed by atoms with Crippen molar-refractivity contribution in [2.45, 2.75) is 22.1 Å². The lowest BCUT2D eigenvalue weighted by molar-refractivity contribution is 0.311. The van der Waals surface area contributed by atoms with Gasteiger partial charge < -0.3 is 9.08 Å². The Hall–Kier alpha value is -0.690. The average Bonchev–Trinajstić information content (AvgIpc) is 2.59. The highest BCUT2D eigenvalue weighted by atomic mass is 35.5. The molecule has 2 heterocycles. The second kappa shape index (κ2) is 5.50. The summed E-state index contributed by atoms with van der Waals surface area (Å²) in [6.45, 7) is 0. The van der Waals surface area contributed by atoms with Gasteiger partial charge in [-0.3, -0.25) is 0 Å². The zero-order valence-electron chi connectivity index (χ0n) is 11.7. The smallest absolute Gasteiger partial charge is 0.328 e. The van der Waals surface area contributed by atoms with Crippen LogP contribution in [0.2, 0.25) is 0 Å². The molecule has 2 aliphatic heterocycles. The summed E-state index contributed by atoms with van der Waals surface area (Å²) in [5.41, 5.74) is 1.81. The van der Waals surface area contributed by atoms with Crippen LogP contribution in [0, 0.1) is 0 Å². The summed E-state index contributed by atoms with van der Waals surface area (Å²) in [5, 5.41) is 0. The summed E-state index contributed by atoms with van der Waals surface area (Å²) in [4.78, 5) is 2.90. The number of fused-ring (bicyclic) bond motifs is 2. The predicted octanol–water partition coefficient (Wildman–Crippen LogP) is 2.75. The zero-order chi connectivity index (χ0) is 15.2. The molecular formula is C14H16ClNO3S2. The van der Waals surface area contributed by atoms with Gasteiger partial charge in [0.25, 0.3) is 0 Å². The van der Waals surface area contributed by atoms with Crippen LogP contribution in [-0.2, 0) is 14.3 Å². The van der Waals surface area contributed by atoms with Crippen molar-refractivity contribution in [2.75, 3.05) is 19.8 Å². The molecule has 2 unspecified atom stereocenters. The lowest BCUT2D eigenvalue weighted by atomic mass is 9.99. The molecule has 0 aromatic heterocycles. The molecule has 0 amide bonds. The van der Waals surface area contributed by atoms with E-state index in [0.717, 1.165) is 28.2 Å². The number of rotatable bonds is 1. The molecule has 0 saturated heterocycles. The minimum absolute atomic E-state index is 0.368. The molecule has 0 spiro atoms. The zero-order valence-corrected chi connectivity index (χ0v) is 14.1. The van der Waals surface area contributed by atoms with Gasteiger partial charge >= 0.3 is 10.1 Å². The number of alkyl halides is 1. The first-order valence-electron chi connectivity index (χ1n) is 6.61. The number of nitrogens with zero attached hydrogens (tertiary/aromatic N) is 1. The molecule has 3 rings (SSSR count). The fraction of sp³-hybridized carbons (Fsp3) is 0.429. The van der Waals surface area contributed by atoms with E-state index in [1.54, 1.807) is 11.8 Å². The number of thioether (sulfide) groups is 1. The Morgan fingerprint density at radius 1 is 1.33 bits per heavy atom. The Kier molecular flexibility index (Phi) is 3.98. The third-order valence-electron chi connectivity index (χ3n) is 3.69. The second-order valence-corrected chi connectivity index (χ2v) is 8.81. The molecule has 2 aliphatic rings. The first-order chi connectivity index (χ1) is 9.92. The molecule has 2 atom stereocenters. The van der Waals surface area contributed by atoms with Crippen LogP contribution in [-0.4, -0.2) is 43.9 Å². The quantitative estimate of drug-likeness (QED) is 0.578. The minimum atomic E-state index is -3.83. The van der Waals surface area contributed by atoms with E-state index in [1.165, 1.54) is 0 Å². The maximum Gasteiger partial charge on any atom is 0.328 e. The molecular weight excluding hydrogens is 330 g/mol. The van der Waals surface area contributed by atoms with Gasteiger partial charge in [-0.2, -0.15) is 8.42 Å². The number of hydrogen-bond acceptors (Lipinski definition) is 5. The van der Waals surface area contributed by atoms with Gasteiger partial charge in [-0.05, 0) is 32.2 Å². The topological polar surface area (TPSA) is 46.6 Å². The van der Waals surface area contributed by atoms with Gasteiger partial charge in [-0.25, -0.2) is 0 Å². The van der Waals surface area contributed by atoms with Crippen LogP contribution < -0.4 is 0 Å². The van der Waals surface area contributed by atoms with Crippen molar-refractivity contribution in [3.8, 4) is 0 Å². The summed E-state index contributed by atoms with van der Waals surface area (Å²) in [7, 11) is -0.143. The van der Waals surface area contributed by atoms with Crippen molar-refractivity contribution in [1.82, 2.24) is 4.90 Å². The van der Waals surface area contributed by atoms with Crippen molar-refractivity contribution in [1.29, 1.82) is 0 Å². The molecule has 114 valence electrons. The Labute approximate surface area is 134 Å². The van der Waals surface area contributed by atoms with Crippen LogP contribution in [0.5, 0.6) is 0 Å². The molecule has 0 radical (unpaired) electrons. The average molecular weight is 346 g/mol. The van der Waals surface area contributed by atoms with Crippen LogP contribution in [0.1, 0.15) is 12.0 Å². The van der Waals surface area contributed by atoms with Crippen LogP contribution in [0.4, 0.5) is 0 Å². The summed E-state index contributed by atoms with van der Waals surface area (Å²) in [6.07, 6.45) is 0.760. The van der Waals surface area contributed by atoms with E-state index >= 15 is 0 Å². The van der Waals surface area contributed by atoms with Gasteiger partial charge in [0.1, 0.15) is 0 Å². The third kappa shape index (κ3) is 2.59. The highest BCUT2D eigenvalue weighted by Gasteiger charge is 2.44. The molecule has 0 bridgehead atoms. The molecule has 7 heteroatoms. The number of benzene rings is 1. The minimum Gasteiger partial charge on any atom is -0.381 e. The van der Waals surface area contributed by atoms with Gasteiger partial charge in [-0.1, -0.05) is 29.8 Å². The van der Waals surface area contributed by atoms with Gasteiger partial charge in [0, 0.05) is 16.2 Å². The fourth-order valence-corrected chi connectivity index (χ4v) is 5.51. The number of likely N-dealkylation sites (N-methyl/N-ethyl adjacent to an activating group) is 1. The molecule has 0 fully saturated rings. The SMILES string of the molecule is CN(C)C1C2=C(OS(=O)(=O)C1Cl)c1ccccc1SCC2. The molecule has 1 aromatic carbocycles. The van der Waals surface area contributed by atoms with Gasteiger partial charge in [-0.15, -0.1) is 11.8 Å². The summed E-state index contributed by atoms with van der Waals surface area (Å²) < 4.78 is 28.8. The normalized spacial score (nSPS) is 27.6. The monoisotopic (exact) mass is 345 g/mol. The standard InChI is InChI=1S/C14H16ClNO3S2/c1-16(2)12-10-7-8-20-11-6-4-3-5-9(11)13(10)19-21(17,18)14(12)15/h3-6,12,14H,7-8H2,1-2H3. The second-order valence-electron chi connectivity index (χ2n) is 5.28. The Balaban J connectivity index is 2.23. The van der Waals surface area contributed by atoms with Crippen molar-refractivity contribution >= 4 is 39.2 Å². The van der Waals surface area contributed by atoms with E-state index in [4.69, 9.17) is 15.8 Å². The van der Waals surface area contributed by atoms with Gasteiger partial charge in [0.15, 0.2) is 10.5 Å². The first-order valence-corrected chi connectivity index (χ1v) is 9.50. The Morgan fingerprint density at radius 3 is 2.76 bits per heavy atom. The van der Waals surface area contributed by atoms with E-state index in [1.807, 2.05) is 43.3 Å². The third-order valence-corrected chi connectivity index (χ3v) is 6.87. The largest absolute Gasteiger partial charge is 0.381 e. The van der Waals surface area contributed by atoms with Crippen molar-refractivity contribution in [2.24, 2.45) is 0 Å². The van der Waals surface area contributed by atoms with E-state index in [2.05, 4.69) is 0 Å². The van der Waals surface area contributed by atoms with Crippen LogP contribution >= 0.6 is 23.4 Å². The molecule has 4 nitrogen and oxygen atoms in total. The number of halogens is 1. The maximum absolute atomic E-state index is 12.3. The van der Waals surface area contributed by atoms with Crippen molar-refractivity contribution in [3.63, 3.8) is 0 Å². The van der Waals surface area contributed by atoms with Gasteiger partial charge in [0.2, 0.25) is 0 Å². The summed E-state index contributed by atoms with van der Waals surface area (Å²) in [5.74, 6) is 1.35. The Morgan fingerprint density at radius 2 is 2.05 bits per heavy atom. The lowest BCUT2D eigenvalue weighted by Gasteiger charge is -2.35. The fourth-order valence-electron chi connectivity index (χ4n) is 2.74. The van der Waals surface area contributed by atoms with Crippen LogP contribution in [0.3, 0.4) is 0 Å². The number of hydrogen-bond donors (Lipinski definition) is 0. The van der Waals surface area contributed by atoms with Crippen molar-refractivity contribution < 1.29 is 12.6 Å². The Bertz CT molecular complexity index is 700. The highest BCUT2D eigenvalue weighted by Crippen LogP contribution is 2.44. The van der Waals surface area contributed by atoms with E-state index in [0.29, 0.717) is 5.76 Å². The molecule has 0 saturated carbocycles. The molecule has 0 aliphatic carbocycles.